The third-order valence-electron chi connectivity index (χ3n) is 4.95. The highest BCUT2D eigenvalue weighted by Crippen LogP contribution is 2.60. The molecule has 1 heteroatoms. The number of allylic oxidation sites excluding steroid dienone is 3. The Kier molecular flexibility index (Phi) is 1.99. The van der Waals surface area contributed by atoms with Crippen molar-refractivity contribution in [1.82, 2.24) is 0 Å². The maximum absolute atomic E-state index is 6.34. The van der Waals surface area contributed by atoms with Crippen LogP contribution in [-0.4, -0.2) is 11.2 Å². The lowest BCUT2D eigenvalue weighted by molar-refractivity contribution is -0.113. The van der Waals surface area contributed by atoms with Crippen LogP contribution in [0.3, 0.4) is 0 Å². The van der Waals surface area contributed by atoms with E-state index in [0.717, 1.165) is 6.42 Å². The molecule has 2 aliphatic carbocycles. The summed E-state index contributed by atoms with van der Waals surface area (Å²) in [7, 11) is 0. The first-order chi connectivity index (χ1) is 7.44. The molecule has 1 saturated heterocycles. The zero-order valence-corrected chi connectivity index (χ0v) is 10.8. The molecule has 0 aromatic heterocycles. The van der Waals surface area contributed by atoms with Crippen LogP contribution in [0.15, 0.2) is 23.3 Å². The topological polar surface area (TPSA) is 9.23 Å². The van der Waals surface area contributed by atoms with Gasteiger partial charge in [0.15, 0.2) is 0 Å². The van der Waals surface area contributed by atoms with E-state index in [0.29, 0.717) is 11.8 Å². The second kappa shape index (κ2) is 3.01. The summed E-state index contributed by atoms with van der Waals surface area (Å²) in [6.07, 6.45) is 8.46. The Balaban J connectivity index is 2.01. The molecule has 3 aliphatic rings. The van der Waals surface area contributed by atoms with E-state index < -0.39 is 0 Å². The van der Waals surface area contributed by atoms with E-state index in [1.54, 1.807) is 5.57 Å². The van der Waals surface area contributed by atoms with Crippen molar-refractivity contribution in [2.75, 3.05) is 0 Å². The summed E-state index contributed by atoms with van der Waals surface area (Å²) in [5, 5.41) is 0. The van der Waals surface area contributed by atoms with Crippen molar-refractivity contribution in [3.8, 4) is 0 Å². The first-order valence-corrected chi connectivity index (χ1v) is 6.51. The first kappa shape index (κ1) is 10.6. The largest absolute Gasteiger partial charge is 0.368 e. The average molecular weight is 218 g/mol. The molecule has 2 fully saturated rings. The van der Waals surface area contributed by atoms with Gasteiger partial charge < -0.3 is 4.74 Å². The van der Waals surface area contributed by atoms with Crippen molar-refractivity contribution in [2.45, 2.75) is 58.2 Å². The van der Waals surface area contributed by atoms with Gasteiger partial charge in [-0.2, -0.15) is 0 Å². The molecule has 2 bridgehead atoms. The Morgan fingerprint density at radius 1 is 1.25 bits per heavy atom. The Bertz CT molecular complexity index is 388. The fourth-order valence-corrected chi connectivity index (χ4v) is 4.29. The molecule has 0 aromatic rings. The molecular formula is C15H22O. The Labute approximate surface area is 98.6 Å². The smallest absolute Gasteiger partial charge is 0.0734 e. The van der Waals surface area contributed by atoms with E-state index in [-0.39, 0.29) is 11.2 Å². The molecule has 16 heavy (non-hydrogen) atoms. The number of ether oxygens (including phenoxy) is 1. The minimum atomic E-state index is 0.0708. The molecule has 0 aromatic carbocycles. The second-order valence-corrected chi connectivity index (χ2v) is 6.42. The lowest BCUT2D eigenvalue weighted by Crippen LogP contribution is -2.35. The molecule has 1 heterocycles. The van der Waals surface area contributed by atoms with Crippen molar-refractivity contribution >= 4 is 0 Å². The van der Waals surface area contributed by atoms with E-state index in [2.05, 4.69) is 39.8 Å². The van der Waals surface area contributed by atoms with Gasteiger partial charge >= 0.3 is 0 Å². The lowest BCUT2D eigenvalue weighted by Gasteiger charge is -2.33. The monoisotopic (exact) mass is 218 g/mol. The standard InChI is InChI=1S/C15H22O/c1-10-6-5-7-11(10)13-12-8-9-15(13,4)16-14(12,2)3/h6-7,12-13H,5,8-9H2,1-4H3. The fraction of sp³-hybridized carbons (Fsp3) is 0.733. The van der Waals surface area contributed by atoms with Gasteiger partial charge in [0, 0.05) is 5.92 Å². The van der Waals surface area contributed by atoms with Crippen LogP contribution >= 0.6 is 0 Å². The summed E-state index contributed by atoms with van der Waals surface area (Å²) in [4.78, 5) is 0. The Hall–Kier alpha value is -0.560. The highest BCUT2D eigenvalue weighted by Gasteiger charge is 2.61. The quantitative estimate of drug-likeness (QED) is 0.649. The molecule has 1 aliphatic heterocycles. The van der Waals surface area contributed by atoms with Crippen LogP contribution in [0.25, 0.3) is 0 Å². The van der Waals surface area contributed by atoms with Gasteiger partial charge in [0.05, 0.1) is 11.2 Å². The van der Waals surface area contributed by atoms with Crippen LogP contribution in [0.4, 0.5) is 0 Å². The van der Waals surface area contributed by atoms with Crippen LogP contribution in [0.1, 0.15) is 47.0 Å². The summed E-state index contributed by atoms with van der Waals surface area (Å²) in [6, 6.07) is 0. The summed E-state index contributed by atoms with van der Waals surface area (Å²) in [5.41, 5.74) is 3.24. The Morgan fingerprint density at radius 2 is 2.00 bits per heavy atom. The van der Waals surface area contributed by atoms with E-state index in [4.69, 9.17) is 4.74 Å². The van der Waals surface area contributed by atoms with E-state index in [1.807, 2.05) is 0 Å². The molecule has 3 atom stereocenters. The summed E-state index contributed by atoms with van der Waals surface area (Å²) in [6.45, 7) is 9.11. The van der Waals surface area contributed by atoms with Crippen LogP contribution in [0.5, 0.6) is 0 Å². The summed E-state index contributed by atoms with van der Waals surface area (Å²) >= 11 is 0. The molecule has 3 unspecified atom stereocenters. The Morgan fingerprint density at radius 3 is 2.44 bits per heavy atom. The number of hydrogen-bond acceptors (Lipinski definition) is 1. The van der Waals surface area contributed by atoms with Crippen molar-refractivity contribution < 1.29 is 4.74 Å². The maximum atomic E-state index is 6.34. The summed E-state index contributed by atoms with van der Waals surface area (Å²) in [5.74, 6) is 1.35. The van der Waals surface area contributed by atoms with Gasteiger partial charge in [-0.15, -0.1) is 0 Å². The molecule has 1 nitrogen and oxygen atoms in total. The minimum absolute atomic E-state index is 0.0708. The van der Waals surface area contributed by atoms with Gasteiger partial charge in [-0.05, 0) is 58.4 Å². The highest BCUT2D eigenvalue weighted by molar-refractivity contribution is 5.41. The first-order valence-electron chi connectivity index (χ1n) is 6.51. The van der Waals surface area contributed by atoms with Gasteiger partial charge in [0.25, 0.3) is 0 Å². The van der Waals surface area contributed by atoms with Crippen molar-refractivity contribution in [3.63, 3.8) is 0 Å². The van der Waals surface area contributed by atoms with Gasteiger partial charge in [-0.3, -0.25) is 0 Å². The molecule has 0 spiro atoms. The predicted octanol–water partition coefficient (Wildman–Crippen LogP) is 3.86. The highest BCUT2D eigenvalue weighted by atomic mass is 16.5. The van der Waals surface area contributed by atoms with Crippen LogP contribution in [0.2, 0.25) is 0 Å². The number of fused-ring (bicyclic) bond motifs is 2. The molecule has 0 amide bonds. The zero-order chi connectivity index (χ0) is 11.6. The van der Waals surface area contributed by atoms with Gasteiger partial charge in [0.2, 0.25) is 0 Å². The van der Waals surface area contributed by atoms with Crippen LogP contribution < -0.4 is 0 Å². The predicted molar refractivity (Wildman–Crippen MR) is 66.2 cm³/mol. The van der Waals surface area contributed by atoms with Gasteiger partial charge in [-0.1, -0.05) is 17.7 Å². The van der Waals surface area contributed by atoms with Crippen molar-refractivity contribution in [1.29, 1.82) is 0 Å². The second-order valence-electron chi connectivity index (χ2n) is 6.42. The number of rotatable bonds is 1. The third-order valence-corrected chi connectivity index (χ3v) is 4.95. The molecule has 0 radical (unpaired) electrons. The van der Waals surface area contributed by atoms with E-state index in [9.17, 15) is 0 Å². The number of hydrogen-bond donors (Lipinski definition) is 0. The molecule has 3 rings (SSSR count). The molecule has 0 N–H and O–H groups in total. The minimum Gasteiger partial charge on any atom is -0.368 e. The maximum Gasteiger partial charge on any atom is 0.0734 e. The SMILES string of the molecule is CC1=CCC=C1C1C2CCC1(C)OC2(C)C. The van der Waals surface area contributed by atoms with Gasteiger partial charge in [0.1, 0.15) is 0 Å². The molecular weight excluding hydrogens is 196 g/mol. The van der Waals surface area contributed by atoms with E-state index in [1.165, 1.54) is 18.4 Å². The third kappa shape index (κ3) is 1.21. The lowest BCUT2D eigenvalue weighted by atomic mass is 9.77. The summed E-state index contributed by atoms with van der Waals surface area (Å²) < 4.78 is 6.34. The van der Waals surface area contributed by atoms with Crippen LogP contribution in [-0.2, 0) is 4.74 Å². The fourth-order valence-electron chi connectivity index (χ4n) is 4.29. The zero-order valence-electron chi connectivity index (χ0n) is 10.8. The van der Waals surface area contributed by atoms with Crippen molar-refractivity contribution in [3.05, 3.63) is 23.3 Å². The molecule has 1 saturated carbocycles. The van der Waals surface area contributed by atoms with Gasteiger partial charge in [-0.25, -0.2) is 0 Å². The molecule has 88 valence electrons. The normalized spacial score (nSPS) is 44.8. The van der Waals surface area contributed by atoms with Crippen molar-refractivity contribution in [2.24, 2.45) is 11.8 Å². The van der Waals surface area contributed by atoms with Crippen LogP contribution in [0, 0.1) is 11.8 Å². The average Bonchev–Trinajstić information content (AvgIpc) is 2.73. The van der Waals surface area contributed by atoms with E-state index >= 15 is 0 Å².